The average molecular weight is 330 g/mol. The van der Waals surface area contributed by atoms with E-state index in [0.717, 1.165) is 16.3 Å². The number of hydrogen-bond acceptors (Lipinski definition) is 5. The maximum absolute atomic E-state index is 13.8. The van der Waals surface area contributed by atoms with E-state index in [0.29, 0.717) is 18.1 Å². The molecule has 0 amide bonds. The number of pyridine rings is 1. The molecule has 23 heavy (non-hydrogen) atoms. The number of ether oxygens (including phenoxy) is 2. The number of halogens is 1. The van der Waals surface area contributed by atoms with Crippen molar-refractivity contribution in [3.05, 3.63) is 47.7 Å². The van der Waals surface area contributed by atoms with E-state index in [1.807, 2.05) is 24.4 Å². The van der Waals surface area contributed by atoms with Crippen LogP contribution in [0.1, 0.15) is 6.92 Å². The van der Waals surface area contributed by atoms with E-state index < -0.39 is 5.82 Å². The summed E-state index contributed by atoms with van der Waals surface area (Å²) in [5.74, 6) is 0.388. The van der Waals surface area contributed by atoms with Gasteiger partial charge in [0.05, 0.1) is 19.4 Å². The molecule has 0 aliphatic rings. The van der Waals surface area contributed by atoms with Crippen LogP contribution in [0.2, 0.25) is 0 Å². The fourth-order valence-electron chi connectivity index (χ4n) is 2.13. The van der Waals surface area contributed by atoms with Gasteiger partial charge in [-0.25, -0.2) is 14.4 Å². The van der Waals surface area contributed by atoms with E-state index >= 15 is 0 Å². The highest BCUT2D eigenvalue weighted by molar-refractivity contribution is 7.13. The number of thiazole rings is 1. The summed E-state index contributed by atoms with van der Waals surface area (Å²) in [6, 6.07) is 8.54. The lowest BCUT2D eigenvalue weighted by Crippen LogP contribution is -1.94. The van der Waals surface area contributed by atoms with E-state index in [1.165, 1.54) is 24.5 Å². The van der Waals surface area contributed by atoms with Crippen LogP contribution in [-0.4, -0.2) is 23.7 Å². The van der Waals surface area contributed by atoms with Gasteiger partial charge in [0.15, 0.2) is 11.6 Å². The lowest BCUT2D eigenvalue weighted by molar-refractivity contribution is 0.327. The molecule has 0 saturated carbocycles. The molecule has 0 atom stereocenters. The van der Waals surface area contributed by atoms with Gasteiger partial charge in [0.1, 0.15) is 5.01 Å². The third-order valence-electron chi connectivity index (χ3n) is 3.23. The van der Waals surface area contributed by atoms with Crippen LogP contribution < -0.4 is 9.47 Å². The summed E-state index contributed by atoms with van der Waals surface area (Å²) in [4.78, 5) is 8.72. The van der Waals surface area contributed by atoms with Gasteiger partial charge in [-0.15, -0.1) is 11.3 Å². The van der Waals surface area contributed by atoms with E-state index in [-0.39, 0.29) is 5.75 Å². The minimum absolute atomic E-state index is 0.222. The minimum Gasteiger partial charge on any atom is -0.494 e. The molecule has 4 nitrogen and oxygen atoms in total. The molecular weight excluding hydrogens is 315 g/mol. The van der Waals surface area contributed by atoms with Crippen molar-refractivity contribution >= 4 is 11.3 Å². The van der Waals surface area contributed by atoms with Crippen molar-refractivity contribution in [3.63, 3.8) is 0 Å². The molecule has 0 fully saturated rings. The normalized spacial score (nSPS) is 10.6. The summed E-state index contributed by atoms with van der Waals surface area (Å²) in [6.07, 6.45) is 1.69. The van der Waals surface area contributed by atoms with E-state index in [9.17, 15) is 4.39 Å². The first-order valence-electron chi connectivity index (χ1n) is 7.10. The van der Waals surface area contributed by atoms with Crippen LogP contribution in [0.3, 0.4) is 0 Å². The lowest BCUT2D eigenvalue weighted by Gasteiger charge is -2.03. The maximum Gasteiger partial charge on any atom is 0.213 e. The van der Waals surface area contributed by atoms with Crippen LogP contribution in [0, 0.1) is 5.82 Å². The lowest BCUT2D eigenvalue weighted by atomic mass is 10.1. The third kappa shape index (κ3) is 3.32. The molecule has 3 aromatic rings. The molecular formula is C17H15FN2O2S. The quantitative estimate of drug-likeness (QED) is 0.695. The second-order valence-corrected chi connectivity index (χ2v) is 5.56. The monoisotopic (exact) mass is 330 g/mol. The fourth-order valence-corrected chi connectivity index (χ4v) is 2.96. The average Bonchev–Trinajstić information content (AvgIpc) is 3.05. The largest absolute Gasteiger partial charge is 0.494 e. The van der Waals surface area contributed by atoms with Crippen molar-refractivity contribution in [1.29, 1.82) is 0 Å². The fraction of sp³-hybridized carbons (Fsp3) is 0.176. The molecule has 0 saturated heterocycles. The first kappa shape index (κ1) is 15.4. The van der Waals surface area contributed by atoms with Gasteiger partial charge in [-0.3, -0.25) is 0 Å². The van der Waals surface area contributed by atoms with Crippen LogP contribution in [0.5, 0.6) is 11.6 Å². The molecule has 2 aromatic heterocycles. The molecule has 0 N–H and O–H groups in total. The van der Waals surface area contributed by atoms with Crippen molar-refractivity contribution in [3.8, 4) is 33.5 Å². The first-order valence-corrected chi connectivity index (χ1v) is 7.98. The number of aromatic nitrogens is 2. The molecule has 0 spiro atoms. The Hall–Kier alpha value is -2.47. The zero-order chi connectivity index (χ0) is 16.2. The Morgan fingerprint density at radius 1 is 1.17 bits per heavy atom. The van der Waals surface area contributed by atoms with Crippen LogP contribution >= 0.6 is 11.3 Å². The van der Waals surface area contributed by atoms with Gasteiger partial charge >= 0.3 is 0 Å². The highest BCUT2D eigenvalue weighted by Gasteiger charge is 2.10. The molecule has 118 valence electrons. The van der Waals surface area contributed by atoms with Crippen molar-refractivity contribution in [2.24, 2.45) is 0 Å². The van der Waals surface area contributed by atoms with Gasteiger partial charge in [-0.1, -0.05) is 0 Å². The summed E-state index contributed by atoms with van der Waals surface area (Å²) in [7, 11) is 1.44. The topological polar surface area (TPSA) is 44.2 Å². The molecule has 0 radical (unpaired) electrons. The van der Waals surface area contributed by atoms with Crippen LogP contribution in [0.4, 0.5) is 4.39 Å². The zero-order valence-electron chi connectivity index (χ0n) is 12.7. The molecule has 2 heterocycles. The van der Waals surface area contributed by atoms with Gasteiger partial charge in [0.2, 0.25) is 5.88 Å². The van der Waals surface area contributed by atoms with Gasteiger partial charge in [-0.05, 0) is 31.2 Å². The van der Waals surface area contributed by atoms with Gasteiger partial charge in [-0.2, -0.15) is 0 Å². The summed E-state index contributed by atoms with van der Waals surface area (Å²) in [5, 5.41) is 2.73. The molecule has 0 aliphatic heterocycles. The highest BCUT2D eigenvalue weighted by Crippen LogP contribution is 2.31. The predicted octanol–water partition coefficient (Wildman–Crippen LogP) is 4.42. The van der Waals surface area contributed by atoms with Crippen molar-refractivity contribution in [2.75, 3.05) is 13.7 Å². The number of rotatable bonds is 5. The molecule has 1 aromatic carbocycles. The first-order chi connectivity index (χ1) is 11.2. The summed E-state index contributed by atoms with van der Waals surface area (Å²) in [5.41, 5.74) is 2.36. The van der Waals surface area contributed by atoms with E-state index in [2.05, 4.69) is 9.97 Å². The summed E-state index contributed by atoms with van der Waals surface area (Å²) in [6.45, 7) is 2.47. The zero-order valence-corrected chi connectivity index (χ0v) is 13.6. The number of methoxy groups -OCH3 is 1. The van der Waals surface area contributed by atoms with Gasteiger partial charge in [0.25, 0.3) is 0 Å². The van der Waals surface area contributed by atoms with Crippen molar-refractivity contribution < 1.29 is 13.9 Å². The maximum atomic E-state index is 13.8. The van der Waals surface area contributed by atoms with Crippen LogP contribution in [0.25, 0.3) is 21.8 Å². The number of nitrogens with zero attached hydrogens (tertiary/aromatic N) is 2. The number of hydrogen-bond donors (Lipinski definition) is 0. The Morgan fingerprint density at radius 2 is 2.04 bits per heavy atom. The van der Waals surface area contributed by atoms with Crippen molar-refractivity contribution in [1.82, 2.24) is 9.97 Å². The van der Waals surface area contributed by atoms with Crippen LogP contribution in [0.15, 0.2) is 41.9 Å². The van der Waals surface area contributed by atoms with Gasteiger partial charge < -0.3 is 9.47 Å². The Bertz CT molecular complexity index is 820. The molecule has 0 aliphatic carbocycles. The molecule has 0 bridgehead atoms. The predicted molar refractivity (Wildman–Crippen MR) is 88.5 cm³/mol. The van der Waals surface area contributed by atoms with Crippen molar-refractivity contribution in [2.45, 2.75) is 6.92 Å². The third-order valence-corrected chi connectivity index (χ3v) is 4.12. The second kappa shape index (κ2) is 6.75. The van der Waals surface area contributed by atoms with Gasteiger partial charge in [0, 0.05) is 28.8 Å². The summed E-state index contributed by atoms with van der Waals surface area (Å²) >= 11 is 1.49. The van der Waals surface area contributed by atoms with E-state index in [1.54, 1.807) is 18.3 Å². The Morgan fingerprint density at radius 3 is 2.78 bits per heavy atom. The standard InChI is InChI=1S/C17H15FN2O2S/c1-3-22-16-9-12(6-7-19-16)17-20-14(10-23-17)11-4-5-15(21-2)13(18)8-11/h4-10H,3H2,1-2H3. The van der Waals surface area contributed by atoms with Crippen LogP contribution in [-0.2, 0) is 0 Å². The number of benzene rings is 1. The molecule has 3 rings (SSSR count). The Balaban J connectivity index is 1.91. The SMILES string of the molecule is CCOc1cc(-c2nc(-c3ccc(OC)c(F)c3)cs2)ccn1. The second-order valence-electron chi connectivity index (χ2n) is 4.70. The van der Waals surface area contributed by atoms with E-state index in [4.69, 9.17) is 9.47 Å². The Kier molecular flexibility index (Phi) is 4.52. The smallest absolute Gasteiger partial charge is 0.213 e. The molecule has 0 unspecified atom stereocenters. The summed E-state index contributed by atoms with van der Waals surface area (Å²) < 4.78 is 24.2. The minimum atomic E-state index is -0.401. The highest BCUT2D eigenvalue weighted by atomic mass is 32.1. The Labute approximate surface area is 137 Å². The molecule has 6 heteroatoms.